The van der Waals surface area contributed by atoms with Crippen LogP contribution in [-0.2, 0) is 4.79 Å². The van der Waals surface area contributed by atoms with E-state index in [0.29, 0.717) is 12.8 Å². The van der Waals surface area contributed by atoms with Gasteiger partial charge in [0, 0.05) is 23.2 Å². The molecule has 0 spiro atoms. The van der Waals surface area contributed by atoms with Gasteiger partial charge < -0.3 is 0 Å². The third kappa shape index (κ3) is 1.47. The van der Waals surface area contributed by atoms with Crippen molar-refractivity contribution in [2.75, 3.05) is 0 Å². The maximum Gasteiger partial charge on any atom is 0.223 e. The first-order chi connectivity index (χ1) is 8.18. The Morgan fingerprint density at radius 2 is 1.94 bits per heavy atom. The van der Waals surface area contributed by atoms with Gasteiger partial charge >= 0.3 is 0 Å². The molecular weight excluding hydrogens is 218 g/mol. The van der Waals surface area contributed by atoms with Gasteiger partial charge in [0.25, 0.3) is 0 Å². The molecule has 2 aliphatic carbocycles. The van der Waals surface area contributed by atoms with Gasteiger partial charge in [-0.1, -0.05) is 30.3 Å². The molecule has 2 saturated carbocycles. The molecule has 0 aliphatic heterocycles. The van der Waals surface area contributed by atoms with Crippen molar-refractivity contribution in [3.05, 3.63) is 46.0 Å². The van der Waals surface area contributed by atoms with Gasteiger partial charge in [0.15, 0.2) is 0 Å². The zero-order chi connectivity index (χ0) is 12.0. The van der Waals surface area contributed by atoms with Crippen molar-refractivity contribution in [3.63, 3.8) is 0 Å². The van der Waals surface area contributed by atoms with Gasteiger partial charge in [-0.15, -0.1) is 0 Å². The van der Waals surface area contributed by atoms with Crippen molar-refractivity contribution in [3.8, 4) is 0 Å². The smallest absolute Gasteiger partial charge is 0.223 e. The van der Waals surface area contributed by atoms with Crippen molar-refractivity contribution >= 4 is 5.78 Å². The topological polar surface area (TPSA) is 60.2 Å². The second kappa shape index (κ2) is 3.65. The average Bonchev–Trinajstić information content (AvgIpc) is 2.86. The number of ketones is 1. The summed E-state index contributed by atoms with van der Waals surface area (Å²) in [7, 11) is 0. The molecule has 1 aromatic carbocycles. The number of hydrogen-bond acceptors (Lipinski definition) is 3. The van der Waals surface area contributed by atoms with Gasteiger partial charge in [-0.2, -0.15) is 0 Å². The van der Waals surface area contributed by atoms with Gasteiger partial charge in [0.1, 0.15) is 5.78 Å². The maximum absolute atomic E-state index is 11.8. The second-order valence-electron chi connectivity index (χ2n) is 4.99. The Bertz CT molecular complexity index is 471. The van der Waals surface area contributed by atoms with Gasteiger partial charge in [-0.3, -0.25) is 14.9 Å². The minimum Gasteiger partial charge on any atom is -0.299 e. The summed E-state index contributed by atoms with van der Waals surface area (Å²) in [5, 5.41) is 11.2. The molecule has 0 heterocycles. The van der Waals surface area contributed by atoms with Crippen LogP contribution in [0.5, 0.6) is 0 Å². The molecule has 2 bridgehead atoms. The Balaban J connectivity index is 2.01. The predicted molar refractivity (Wildman–Crippen MR) is 61.2 cm³/mol. The normalized spacial score (nSPS) is 35.2. The highest BCUT2D eigenvalue weighted by Gasteiger charge is 2.58. The molecule has 2 aliphatic rings. The fourth-order valence-electron chi connectivity index (χ4n) is 3.50. The highest BCUT2D eigenvalue weighted by molar-refractivity contribution is 5.86. The standard InChI is InChI=1S/C13H13NO3/c15-11-7-9-6-10(11)12(13(9)14(16)17)8-4-2-1-3-5-8/h1-5,9-10,12-13H,6-7H2/t9?,10?,12-,13-/m0/s1. The van der Waals surface area contributed by atoms with Crippen LogP contribution in [0.1, 0.15) is 24.3 Å². The van der Waals surface area contributed by atoms with Crippen molar-refractivity contribution in [2.24, 2.45) is 11.8 Å². The molecule has 0 amide bonds. The molecule has 2 unspecified atom stereocenters. The van der Waals surface area contributed by atoms with Crippen LogP contribution in [0.2, 0.25) is 0 Å². The Hall–Kier alpha value is -1.71. The van der Waals surface area contributed by atoms with Gasteiger partial charge in [0.2, 0.25) is 6.04 Å². The summed E-state index contributed by atoms with van der Waals surface area (Å²) >= 11 is 0. The second-order valence-corrected chi connectivity index (χ2v) is 4.99. The fraction of sp³-hybridized carbons (Fsp3) is 0.462. The lowest BCUT2D eigenvalue weighted by atomic mass is 9.79. The van der Waals surface area contributed by atoms with E-state index in [1.807, 2.05) is 30.3 Å². The molecule has 4 heteroatoms. The number of hydrogen-bond donors (Lipinski definition) is 0. The van der Waals surface area contributed by atoms with E-state index >= 15 is 0 Å². The van der Waals surface area contributed by atoms with E-state index in [4.69, 9.17) is 0 Å². The number of nitro groups is 1. The van der Waals surface area contributed by atoms with E-state index in [1.54, 1.807) is 0 Å². The number of nitrogens with zero attached hydrogens (tertiary/aromatic N) is 1. The molecule has 17 heavy (non-hydrogen) atoms. The molecular formula is C13H13NO3. The predicted octanol–water partition coefficient (Wildman–Crippen LogP) is 2.02. The monoisotopic (exact) mass is 231 g/mol. The van der Waals surface area contributed by atoms with E-state index < -0.39 is 6.04 Å². The van der Waals surface area contributed by atoms with E-state index in [9.17, 15) is 14.9 Å². The molecule has 4 nitrogen and oxygen atoms in total. The van der Waals surface area contributed by atoms with Crippen LogP contribution in [0.4, 0.5) is 0 Å². The van der Waals surface area contributed by atoms with E-state index in [1.165, 1.54) is 0 Å². The number of rotatable bonds is 2. The van der Waals surface area contributed by atoms with Gasteiger partial charge in [-0.25, -0.2) is 0 Å². The van der Waals surface area contributed by atoms with Crippen LogP contribution in [0.3, 0.4) is 0 Å². The maximum atomic E-state index is 11.8. The third-order valence-electron chi connectivity index (χ3n) is 4.15. The summed E-state index contributed by atoms with van der Waals surface area (Å²) in [5.74, 6) is -0.176. The van der Waals surface area contributed by atoms with E-state index in [0.717, 1.165) is 5.56 Å². The van der Waals surface area contributed by atoms with Crippen molar-refractivity contribution < 1.29 is 9.72 Å². The Morgan fingerprint density at radius 3 is 2.59 bits per heavy atom. The minimum absolute atomic E-state index is 0.0484. The molecule has 0 radical (unpaired) electrons. The largest absolute Gasteiger partial charge is 0.299 e. The highest BCUT2D eigenvalue weighted by Crippen LogP contribution is 2.52. The van der Waals surface area contributed by atoms with Crippen LogP contribution < -0.4 is 0 Å². The number of carbonyl (C=O) groups is 1. The lowest BCUT2D eigenvalue weighted by molar-refractivity contribution is -0.533. The van der Waals surface area contributed by atoms with Crippen LogP contribution in [0.15, 0.2) is 30.3 Å². The molecule has 0 N–H and O–H groups in total. The zero-order valence-electron chi connectivity index (χ0n) is 9.28. The SMILES string of the molecule is O=C1CC2CC1[C@H](c1ccccc1)[C@H]2[N+](=O)[O-]. The summed E-state index contributed by atoms with van der Waals surface area (Å²) in [6.45, 7) is 0. The van der Waals surface area contributed by atoms with E-state index in [2.05, 4.69) is 0 Å². The van der Waals surface area contributed by atoms with Crippen LogP contribution in [0, 0.1) is 22.0 Å². The quantitative estimate of drug-likeness (QED) is 0.578. The fourth-order valence-corrected chi connectivity index (χ4v) is 3.50. The van der Waals surface area contributed by atoms with Gasteiger partial charge in [0.05, 0.1) is 5.92 Å². The van der Waals surface area contributed by atoms with Gasteiger partial charge in [-0.05, 0) is 12.0 Å². The number of fused-ring (bicyclic) bond motifs is 2. The summed E-state index contributed by atoms with van der Waals surface area (Å²) in [4.78, 5) is 22.8. The lowest BCUT2D eigenvalue weighted by Crippen LogP contribution is -2.36. The first-order valence-corrected chi connectivity index (χ1v) is 5.89. The number of carbonyl (C=O) groups excluding carboxylic acids is 1. The minimum atomic E-state index is -0.569. The van der Waals surface area contributed by atoms with Crippen LogP contribution in [-0.4, -0.2) is 16.7 Å². The molecule has 88 valence electrons. The molecule has 2 fully saturated rings. The molecule has 3 rings (SSSR count). The zero-order valence-corrected chi connectivity index (χ0v) is 9.28. The van der Waals surface area contributed by atoms with Crippen molar-refractivity contribution in [1.29, 1.82) is 0 Å². The molecule has 4 atom stereocenters. The Morgan fingerprint density at radius 1 is 1.24 bits per heavy atom. The van der Waals surface area contributed by atoms with Crippen LogP contribution >= 0.6 is 0 Å². The first-order valence-electron chi connectivity index (χ1n) is 5.89. The highest BCUT2D eigenvalue weighted by atomic mass is 16.6. The number of Topliss-reactive ketones (excluding diaryl/α,β-unsaturated/α-hetero) is 1. The molecule has 1 aromatic rings. The summed E-state index contributed by atoms with van der Waals surface area (Å²) in [6, 6.07) is 8.87. The lowest BCUT2D eigenvalue weighted by Gasteiger charge is -2.24. The Labute approximate surface area is 98.8 Å². The summed E-state index contributed by atoms with van der Waals surface area (Å²) in [6.07, 6.45) is 1.10. The number of benzene rings is 1. The Kier molecular flexibility index (Phi) is 2.24. The van der Waals surface area contributed by atoms with Crippen molar-refractivity contribution in [1.82, 2.24) is 0 Å². The van der Waals surface area contributed by atoms with E-state index in [-0.39, 0.29) is 28.5 Å². The third-order valence-corrected chi connectivity index (χ3v) is 4.15. The molecule has 0 saturated heterocycles. The first kappa shape index (κ1) is 10.4. The average molecular weight is 231 g/mol. The molecule has 0 aromatic heterocycles. The summed E-state index contributed by atoms with van der Waals surface area (Å²) in [5.41, 5.74) is 0.940. The summed E-state index contributed by atoms with van der Waals surface area (Å²) < 4.78 is 0. The van der Waals surface area contributed by atoms with Crippen LogP contribution in [0.25, 0.3) is 0 Å². The van der Waals surface area contributed by atoms with Crippen molar-refractivity contribution in [2.45, 2.75) is 24.8 Å².